The van der Waals surface area contributed by atoms with Crippen molar-refractivity contribution >= 4 is 44.9 Å². The number of carbonyl (C=O) groups excluding carboxylic acids is 2. The summed E-state index contributed by atoms with van der Waals surface area (Å²) in [5, 5.41) is 4.06. The first-order chi connectivity index (χ1) is 13.3. The van der Waals surface area contributed by atoms with Crippen LogP contribution >= 0.6 is 23.2 Å². The molecule has 1 saturated heterocycles. The Morgan fingerprint density at radius 3 is 2.25 bits per heavy atom. The summed E-state index contributed by atoms with van der Waals surface area (Å²) in [5.74, 6) is -1.34. The highest BCUT2D eigenvalue weighted by molar-refractivity contribution is 7.89. The number of sulfonamides is 1. The van der Waals surface area contributed by atoms with Crippen LogP contribution in [-0.4, -0.2) is 65.3 Å². The second-order valence-corrected chi connectivity index (χ2v) is 8.85. The number of aryl methyl sites for hydroxylation is 1. The van der Waals surface area contributed by atoms with Crippen molar-refractivity contribution in [1.29, 1.82) is 0 Å². The van der Waals surface area contributed by atoms with Gasteiger partial charge in [-0.05, 0) is 19.1 Å². The number of ketones is 1. The highest BCUT2D eigenvalue weighted by Crippen LogP contribution is 2.31. The molecule has 0 saturated carbocycles. The summed E-state index contributed by atoms with van der Waals surface area (Å²) in [7, 11) is -3.91. The number of carbonyl (C=O) groups is 2. The van der Waals surface area contributed by atoms with Crippen LogP contribution < -0.4 is 0 Å². The predicted octanol–water partition coefficient (Wildman–Crippen LogP) is 1.93. The van der Waals surface area contributed by atoms with Gasteiger partial charge in [-0.3, -0.25) is 14.3 Å². The zero-order chi connectivity index (χ0) is 20.5. The van der Waals surface area contributed by atoms with Gasteiger partial charge in [-0.1, -0.05) is 29.3 Å². The largest absolute Gasteiger partial charge is 0.333 e. The van der Waals surface area contributed by atoms with E-state index in [-0.39, 0.29) is 46.7 Å². The number of aromatic nitrogens is 2. The normalized spacial score (nSPS) is 15.6. The number of hydrogen-bond donors (Lipinski definition) is 0. The van der Waals surface area contributed by atoms with Crippen LogP contribution in [0.2, 0.25) is 10.0 Å². The zero-order valence-electron chi connectivity index (χ0n) is 15.0. The Morgan fingerprint density at radius 1 is 1.11 bits per heavy atom. The quantitative estimate of drug-likeness (QED) is 0.518. The third-order valence-corrected chi connectivity index (χ3v) is 7.31. The van der Waals surface area contributed by atoms with E-state index in [4.69, 9.17) is 23.2 Å². The van der Waals surface area contributed by atoms with E-state index in [2.05, 4.69) is 5.10 Å². The summed E-state index contributed by atoms with van der Waals surface area (Å²) in [5.41, 5.74) is 0.213. The molecule has 1 aliphatic rings. The fourth-order valence-corrected chi connectivity index (χ4v) is 5.42. The van der Waals surface area contributed by atoms with E-state index >= 15 is 0 Å². The number of halogens is 2. The van der Waals surface area contributed by atoms with E-state index in [9.17, 15) is 18.0 Å². The Labute approximate surface area is 172 Å². The molecule has 1 fully saturated rings. The van der Waals surface area contributed by atoms with Crippen LogP contribution in [0.25, 0.3) is 0 Å². The van der Waals surface area contributed by atoms with Crippen molar-refractivity contribution < 1.29 is 18.0 Å². The van der Waals surface area contributed by atoms with E-state index in [1.165, 1.54) is 33.7 Å². The molecule has 1 aromatic carbocycles. The van der Waals surface area contributed by atoms with Crippen molar-refractivity contribution in [3.63, 3.8) is 0 Å². The molecule has 0 aliphatic carbocycles. The molecule has 28 heavy (non-hydrogen) atoms. The Kier molecular flexibility index (Phi) is 6.09. The third kappa shape index (κ3) is 3.93. The molecule has 1 aliphatic heterocycles. The number of rotatable bonds is 5. The molecule has 0 atom stereocenters. The monoisotopic (exact) mass is 444 g/mol. The molecule has 0 radical (unpaired) electrons. The maximum absolute atomic E-state index is 12.9. The van der Waals surface area contributed by atoms with Gasteiger partial charge in [0.1, 0.15) is 4.90 Å². The predicted molar refractivity (Wildman–Crippen MR) is 104 cm³/mol. The molecule has 0 unspecified atom stereocenters. The molecule has 0 bridgehead atoms. The van der Waals surface area contributed by atoms with Gasteiger partial charge < -0.3 is 4.90 Å². The molecular formula is C17H18Cl2N4O4S. The van der Waals surface area contributed by atoms with Crippen molar-refractivity contribution in [2.75, 3.05) is 26.2 Å². The number of hydrogen-bond acceptors (Lipinski definition) is 5. The molecule has 3 rings (SSSR count). The Hall–Kier alpha value is -1.94. The van der Waals surface area contributed by atoms with Crippen LogP contribution in [0.1, 0.15) is 17.3 Å². The second kappa shape index (κ2) is 8.20. The standard InChI is InChI=1S/C17H18Cl2N4O4S/c1-2-22-11-12(10-20-22)15(24)17(25)21-6-8-23(9-7-21)28(26,27)16-13(18)4-3-5-14(16)19/h3-5,10-11H,2,6-9H2,1H3. The molecular weight excluding hydrogens is 427 g/mol. The average molecular weight is 445 g/mol. The van der Waals surface area contributed by atoms with Crippen molar-refractivity contribution in [2.45, 2.75) is 18.4 Å². The zero-order valence-corrected chi connectivity index (χ0v) is 17.3. The van der Waals surface area contributed by atoms with Gasteiger partial charge in [-0.2, -0.15) is 9.40 Å². The van der Waals surface area contributed by atoms with Gasteiger partial charge in [0, 0.05) is 38.9 Å². The van der Waals surface area contributed by atoms with Crippen LogP contribution in [0.5, 0.6) is 0 Å². The number of piperazine rings is 1. The summed E-state index contributed by atoms with van der Waals surface area (Å²) in [6.45, 7) is 2.71. The maximum Gasteiger partial charge on any atom is 0.295 e. The lowest BCUT2D eigenvalue weighted by atomic mass is 10.2. The first kappa shape index (κ1) is 20.8. The van der Waals surface area contributed by atoms with Crippen molar-refractivity contribution in [2.24, 2.45) is 0 Å². The van der Waals surface area contributed by atoms with E-state index in [0.717, 1.165) is 0 Å². The van der Waals surface area contributed by atoms with Crippen molar-refractivity contribution in [3.05, 3.63) is 46.2 Å². The van der Waals surface area contributed by atoms with Gasteiger partial charge in [-0.15, -0.1) is 0 Å². The Bertz CT molecular complexity index is 994. The fourth-order valence-electron chi connectivity index (χ4n) is 2.91. The summed E-state index contributed by atoms with van der Waals surface area (Å²) in [4.78, 5) is 26.0. The van der Waals surface area contributed by atoms with Crippen LogP contribution in [0.15, 0.2) is 35.5 Å². The van der Waals surface area contributed by atoms with Gasteiger partial charge in [-0.25, -0.2) is 8.42 Å². The van der Waals surface area contributed by atoms with Crippen molar-refractivity contribution in [1.82, 2.24) is 19.0 Å². The maximum atomic E-state index is 12.9. The molecule has 0 spiro atoms. The molecule has 2 aromatic rings. The molecule has 0 N–H and O–H groups in total. The second-order valence-electron chi connectivity index (χ2n) is 6.16. The lowest BCUT2D eigenvalue weighted by Gasteiger charge is -2.33. The molecule has 11 heteroatoms. The van der Waals surface area contributed by atoms with Crippen LogP contribution in [0, 0.1) is 0 Å². The number of nitrogens with zero attached hydrogens (tertiary/aromatic N) is 4. The van der Waals surface area contributed by atoms with E-state index < -0.39 is 21.7 Å². The summed E-state index contributed by atoms with van der Waals surface area (Å²) in [6.07, 6.45) is 2.87. The number of benzene rings is 1. The summed E-state index contributed by atoms with van der Waals surface area (Å²) in [6, 6.07) is 4.47. The SMILES string of the molecule is CCn1cc(C(=O)C(=O)N2CCN(S(=O)(=O)c3c(Cl)cccc3Cl)CC2)cn1. The van der Waals surface area contributed by atoms with Gasteiger partial charge in [0.05, 0.1) is 21.8 Å². The van der Waals surface area contributed by atoms with E-state index in [1.807, 2.05) is 6.92 Å². The van der Waals surface area contributed by atoms with Gasteiger partial charge in [0.15, 0.2) is 0 Å². The van der Waals surface area contributed by atoms with Gasteiger partial charge >= 0.3 is 0 Å². The number of amides is 1. The first-order valence-electron chi connectivity index (χ1n) is 8.56. The first-order valence-corrected chi connectivity index (χ1v) is 10.8. The minimum atomic E-state index is -3.91. The van der Waals surface area contributed by atoms with Gasteiger partial charge in [0.2, 0.25) is 10.0 Å². The summed E-state index contributed by atoms with van der Waals surface area (Å²) < 4.78 is 28.5. The molecule has 150 valence electrons. The lowest BCUT2D eigenvalue weighted by molar-refractivity contribution is -0.127. The smallest absolute Gasteiger partial charge is 0.295 e. The highest BCUT2D eigenvalue weighted by Gasteiger charge is 2.34. The van der Waals surface area contributed by atoms with Crippen LogP contribution in [0.4, 0.5) is 0 Å². The summed E-state index contributed by atoms with van der Waals surface area (Å²) >= 11 is 12.1. The molecule has 8 nitrogen and oxygen atoms in total. The Balaban J connectivity index is 1.70. The Morgan fingerprint density at radius 2 is 1.71 bits per heavy atom. The fraction of sp³-hybridized carbons (Fsp3) is 0.353. The molecule has 1 amide bonds. The minimum absolute atomic E-state index is 0.0362. The lowest BCUT2D eigenvalue weighted by Crippen LogP contribution is -2.52. The molecule has 1 aromatic heterocycles. The highest BCUT2D eigenvalue weighted by atomic mass is 35.5. The van der Waals surface area contributed by atoms with Crippen LogP contribution in [0.3, 0.4) is 0 Å². The minimum Gasteiger partial charge on any atom is -0.333 e. The van der Waals surface area contributed by atoms with E-state index in [0.29, 0.717) is 6.54 Å². The molecule has 2 heterocycles. The topological polar surface area (TPSA) is 92.6 Å². The number of Topliss-reactive ketones (excluding diaryl/α,β-unsaturated/α-hetero) is 1. The third-order valence-electron chi connectivity index (χ3n) is 4.46. The van der Waals surface area contributed by atoms with Crippen LogP contribution in [-0.2, 0) is 21.4 Å². The van der Waals surface area contributed by atoms with E-state index in [1.54, 1.807) is 10.7 Å². The average Bonchev–Trinajstić information content (AvgIpc) is 3.16. The van der Waals surface area contributed by atoms with Gasteiger partial charge in [0.25, 0.3) is 11.7 Å². The van der Waals surface area contributed by atoms with Crippen molar-refractivity contribution in [3.8, 4) is 0 Å².